The summed E-state index contributed by atoms with van der Waals surface area (Å²) < 4.78 is 24.0. The molecule has 3 heterocycles. The Labute approximate surface area is 218 Å². The highest BCUT2D eigenvalue weighted by Crippen LogP contribution is 2.34. The molecule has 1 aliphatic carbocycles. The number of rotatable bonds is 6. The SMILES string of the molecule is Cc1cc(C(=O)NC2(C(=O)NC3CCN(c4ccc(F)cc4N4CCOC4=O)CC3=O)CCCCC2)no1. The molecule has 3 amide bonds. The lowest BCUT2D eigenvalue weighted by molar-refractivity contribution is -0.133. The molecule has 0 spiro atoms. The molecule has 0 radical (unpaired) electrons. The van der Waals surface area contributed by atoms with Crippen molar-refractivity contribution in [3.63, 3.8) is 0 Å². The van der Waals surface area contributed by atoms with Gasteiger partial charge in [-0.15, -0.1) is 0 Å². The molecule has 38 heavy (non-hydrogen) atoms. The number of anilines is 2. The summed E-state index contributed by atoms with van der Waals surface area (Å²) in [5, 5.41) is 9.50. The predicted molar refractivity (Wildman–Crippen MR) is 133 cm³/mol. The maximum Gasteiger partial charge on any atom is 0.414 e. The number of aromatic nitrogens is 1. The molecule has 3 fully saturated rings. The lowest BCUT2D eigenvalue weighted by atomic mass is 9.80. The van der Waals surface area contributed by atoms with Crippen molar-refractivity contribution in [2.75, 3.05) is 36.0 Å². The number of cyclic esters (lactones) is 1. The molecule has 1 saturated carbocycles. The van der Waals surface area contributed by atoms with Crippen LogP contribution in [-0.4, -0.2) is 66.7 Å². The molecule has 0 bridgehead atoms. The molecule has 11 nitrogen and oxygen atoms in total. The highest BCUT2D eigenvalue weighted by molar-refractivity contribution is 6.01. The van der Waals surface area contributed by atoms with Crippen molar-refractivity contribution in [2.24, 2.45) is 0 Å². The molecule has 1 unspecified atom stereocenters. The number of carbonyl (C=O) groups excluding carboxylic acids is 4. The van der Waals surface area contributed by atoms with Crippen molar-refractivity contribution in [1.82, 2.24) is 15.8 Å². The van der Waals surface area contributed by atoms with Crippen LogP contribution in [0.25, 0.3) is 0 Å². The first-order valence-corrected chi connectivity index (χ1v) is 12.8. The van der Waals surface area contributed by atoms with Gasteiger partial charge < -0.3 is 24.8 Å². The van der Waals surface area contributed by atoms with Gasteiger partial charge in [-0.2, -0.15) is 0 Å². The van der Waals surface area contributed by atoms with E-state index in [4.69, 9.17) is 9.26 Å². The molecule has 202 valence electrons. The fraction of sp³-hybridized carbons (Fsp3) is 0.500. The summed E-state index contributed by atoms with van der Waals surface area (Å²) in [6.45, 7) is 2.55. The number of nitrogens with one attached hydrogen (secondary N) is 2. The van der Waals surface area contributed by atoms with Gasteiger partial charge >= 0.3 is 6.09 Å². The van der Waals surface area contributed by atoms with E-state index >= 15 is 0 Å². The van der Waals surface area contributed by atoms with Crippen molar-refractivity contribution in [1.29, 1.82) is 0 Å². The van der Waals surface area contributed by atoms with Crippen LogP contribution in [0.2, 0.25) is 0 Å². The molecule has 1 aromatic heterocycles. The van der Waals surface area contributed by atoms with Crippen molar-refractivity contribution in [2.45, 2.75) is 57.0 Å². The number of halogens is 1. The summed E-state index contributed by atoms with van der Waals surface area (Å²) in [6, 6.07) is 4.86. The van der Waals surface area contributed by atoms with E-state index in [2.05, 4.69) is 15.8 Å². The topological polar surface area (TPSA) is 134 Å². The molecule has 2 aromatic rings. The van der Waals surface area contributed by atoms with Gasteiger partial charge in [-0.3, -0.25) is 19.3 Å². The first-order chi connectivity index (χ1) is 18.3. The van der Waals surface area contributed by atoms with Crippen molar-refractivity contribution < 1.29 is 32.8 Å². The molecule has 3 aliphatic rings. The van der Waals surface area contributed by atoms with E-state index in [9.17, 15) is 23.6 Å². The zero-order chi connectivity index (χ0) is 26.9. The molecule has 1 aromatic carbocycles. The van der Waals surface area contributed by atoms with Crippen LogP contribution in [0, 0.1) is 12.7 Å². The number of carbonyl (C=O) groups is 4. The van der Waals surface area contributed by atoms with Crippen LogP contribution in [0.1, 0.15) is 54.8 Å². The summed E-state index contributed by atoms with van der Waals surface area (Å²) in [6.07, 6.45) is 3.16. The van der Waals surface area contributed by atoms with Gasteiger partial charge in [0.2, 0.25) is 5.91 Å². The normalized spacial score (nSPS) is 21.3. The minimum Gasteiger partial charge on any atom is -0.447 e. The van der Waals surface area contributed by atoms with Crippen molar-refractivity contribution in [3.8, 4) is 0 Å². The summed E-state index contributed by atoms with van der Waals surface area (Å²) in [5.41, 5.74) is -0.154. The number of nitrogens with zero attached hydrogens (tertiary/aromatic N) is 3. The maximum absolute atomic E-state index is 14.0. The Hall–Kier alpha value is -3.96. The van der Waals surface area contributed by atoms with Gasteiger partial charge in [-0.05, 0) is 44.4 Å². The summed E-state index contributed by atoms with van der Waals surface area (Å²) in [7, 11) is 0. The van der Waals surface area contributed by atoms with Gasteiger partial charge in [-0.25, -0.2) is 9.18 Å². The Bertz CT molecular complexity index is 1260. The third-order valence-electron chi connectivity index (χ3n) is 7.41. The number of benzene rings is 1. The number of hydrogen-bond donors (Lipinski definition) is 2. The molecule has 2 saturated heterocycles. The Balaban J connectivity index is 1.28. The van der Waals surface area contributed by atoms with Crippen LogP contribution >= 0.6 is 0 Å². The molecule has 2 aliphatic heterocycles. The van der Waals surface area contributed by atoms with Crippen LogP contribution in [-0.2, 0) is 14.3 Å². The van der Waals surface area contributed by atoms with Crippen LogP contribution < -0.4 is 20.4 Å². The van der Waals surface area contributed by atoms with Gasteiger partial charge in [0.1, 0.15) is 23.7 Å². The largest absolute Gasteiger partial charge is 0.447 e. The number of hydrogen-bond acceptors (Lipinski definition) is 8. The molecule has 1 atom stereocenters. The molecular weight excluding hydrogens is 497 g/mol. The van der Waals surface area contributed by atoms with E-state index in [-0.39, 0.29) is 37.1 Å². The minimum atomic E-state index is -1.14. The lowest BCUT2D eigenvalue weighted by Gasteiger charge is -2.39. The summed E-state index contributed by atoms with van der Waals surface area (Å²) in [4.78, 5) is 54.8. The summed E-state index contributed by atoms with van der Waals surface area (Å²) in [5.74, 6) is -1.12. The monoisotopic (exact) mass is 527 g/mol. The average Bonchev–Trinajstić information content (AvgIpc) is 3.53. The Morgan fingerprint density at radius 2 is 1.89 bits per heavy atom. The zero-order valence-corrected chi connectivity index (χ0v) is 21.1. The average molecular weight is 528 g/mol. The third kappa shape index (κ3) is 5.07. The van der Waals surface area contributed by atoms with E-state index in [0.717, 1.165) is 19.3 Å². The molecular formula is C26H30FN5O6. The maximum atomic E-state index is 14.0. The zero-order valence-electron chi connectivity index (χ0n) is 21.1. The van der Waals surface area contributed by atoms with Gasteiger partial charge in [0.15, 0.2) is 11.5 Å². The number of piperidine rings is 1. The lowest BCUT2D eigenvalue weighted by Crippen LogP contribution is -2.63. The van der Waals surface area contributed by atoms with E-state index in [1.165, 1.54) is 23.1 Å². The van der Waals surface area contributed by atoms with E-state index in [1.54, 1.807) is 17.9 Å². The molecule has 5 rings (SSSR count). The van der Waals surface area contributed by atoms with Gasteiger partial charge in [0.25, 0.3) is 5.91 Å². The Kier molecular flexibility index (Phi) is 7.04. The third-order valence-corrected chi connectivity index (χ3v) is 7.41. The number of ketones is 1. The Morgan fingerprint density at radius 1 is 1.11 bits per heavy atom. The number of aryl methyl sites for hydroxylation is 1. The first-order valence-electron chi connectivity index (χ1n) is 12.8. The fourth-order valence-electron chi connectivity index (χ4n) is 5.39. The van der Waals surface area contributed by atoms with Crippen LogP contribution in [0.3, 0.4) is 0 Å². The molecule has 2 N–H and O–H groups in total. The number of Topliss-reactive ketones (excluding diaryl/α,β-unsaturated/α-hetero) is 1. The second-order valence-corrected chi connectivity index (χ2v) is 10.0. The minimum absolute atomic E-state index is 0.0238. The summed E-state index contributed by atoms with van der Waals surface area (Å²) >= 11 is 0. The van der Waals surface area contributed by atoms with Crippen LogP contribution in [0.15, 0.2) is 28.8 Å². The smallest absolute Gasteiger partial charge is 0.414 e. The van der Waals surface area contributed by atoms with Gasteiger partial charge in [-0.1, -0.05) is 24.4 Å². The van der Waals surface area contributed by atoms with Gasteiger partial charge in [0.05, 0.1) is 30.5 Å². The van der Waals surface area contributed by atoms with Crippen LogP contribution in [0.4, 0.5) is 20.6 Å². The highest BCUT2D eigenvalue weighted by atomic mass is 19.1. The second-order valence-electron chi connectivity index (χ2n) is 10.0. The van der Waals surface area contributed by atoms with Crippen LogP contribution in [0.5, 0.6) is 0 Å². The van der Waals surface area contributed by atoms with Crippen molar-refractivity contribution in [3.05, 3.63) is 41.5 Å². The molecule has 12 heteroatoms. The second kappa shape index (κ2) is 10.4. The highest BCUT2D eigenvalue weighted by Gasteiger charge is 2.43. The number of amides is 3. The van der Waals surface area contributed by atoms with Gasteiger partial charge in [0, 0.05) is 12.6 Å². The van der Waals surface area contributed by atoms with E-state index in [1.807, 2.05) is 0 Å². The van der Waals surface area contributed by atoms with E-state index in [0.29, 0.717) is 42.9 Å². The van der Waals surface area contributed by atoms with E-state index < -0.39 is 29.4 Å². The first kappa shape index (κ1) is 25.7. The van der Waals surface area contributed by atoms with Crippen molar-refractivity contribution >= 4 is 35.1 Å². The Morgan fingerprint density at radius 3 is 2.55 bits per heavy atom. The quantitative estimate of drug-likeness (QED) is 0.585. The standard InChI is InChI=1S/C26H30FN5O6/c1-16-13-19(30-38-16)23(34)29-26(8-3-2-4-9-26)24(35)28-18-7-10-31(15-22(18)33)20-6-5-17(27)14-21(20)32-11-12-37-25(32)36/h5-6,13-14,18H,2-4,7-12,15H2,1H3,(H,28,35)(H,29,34). The predicted octanol–water partition coefficient (Wildman–Crippen LogP) is 2.48. The fourth-order valence-corrected chi connectivity index (χ4v) is 5.39. The number of ether oxygens (including phenoxy) is 1.